The topological polar surface area (TPSA) is 64.0 Å². The Morgan fingerprint density at radius 3 is 2.62 bits per heavy atom. The lowest BCUT2D eigenvalue weighted by molar-refractivity contribution is -0.118. The summed E-state index contributed by atoms with van der Waals surface area (Å²) in [4.78, 5) is 30.1. The van der Waals surface area contributed by atoms with Crippen LogP contribution < -0.4 is 10.9 Å². The number of carbonyl (C=O) groups excluding carboxylic acids is 1. The molecule has 3 rings (SSSR count). The molecule has 7 heteroatoms. The monoisotopic (exact) mass is 385 g/mol. The maximum absolute atomic E-state index is 12.4. The number of benzene rings is 2. The van der Waals surface area contributed by atoms with Gasteiger partial charge in [0.1, 0.15) is 0 Å². The number of nitrogens with one attached hydrogen (secondary N) is 1. The molecule has 0 saturated heterocycles. The Balaban J connectivity index is 1.61. The highest BCUT2D eigenvalue weighted by Gasteiger charge is 2.11. The smallest absolute Gasteiger partial charge is 0.283 e. The normalized spacial score (nSPS) is 10.8. The summed E-state index contributed by atoms with van der Waals surface area (Å²) in [7, 11) is 1.72. The molecule has 0 bridgehead atoms. The number of aryl methyl sites for hydroxylation is 1. The SMILES string of the molecule is CSc1ccc(CNC(=O)CSc2nc3ccccc3n(C)c2=O)cc1. The number of thioether (sulfide) groups is 2. The van der Waals surface area contributed by atoms with Gasteiger partial charge < -0.3 is 9.88 Å². The van der Waals surface area contributed by atoms with Crippen molar-refractivity contribution < 1.29 is 4.79 Å². The number of fused-ring (bicyclic) bond motifs is 1. The minimum absolute atomic E-state index is 0.124. The molecule has 5 nitrogen and oxygen atoms in total. The second-order valence-corrected chi connectivity index (χ2v) is 7.53. The first kappa shape index (κ1) is 18.5. The van der Waals surface area contributed by atoms with Crippen molar-refractivity contribution in [3.8, 4) is 0 Å². The van der Waals surface area contributed by atoms with Gasteiger partial charge in [-0.3, -0.25) is 9.59 Å². The highest BCUT2D eigenvalue weighted by Crippen LogP contribution is 2.16. The van der Waals surface area contributed by atoms with Gasteiger partial charge >= 0.3 is 0 Å². The Morgan fingerprint density at radius 2 is 1.88 bits per heavy atom. The van der Waals surface area contributed by atoms with E-state index in [1.165, 1.54) is 16.7 Å². The van der Waals surface area contributed by atoms with Gasteiger partial charge in [-0.2, -0.15) is 0 Å². The van der Waals surface area contributed by atoms with Crippen molar-refractivity contribution in [1.82, 2.24) is 14.9 Å². The predicted molar refractivity (Wildman–Crippen MR) is 108 cm³/mol. The largest absolute Gasteiger partial charge is 0.351 e. The van der Waals surface area contributed by atoms with Crippen LogP contribution in [-0.2, 0) is 18.4 Å². The van der Waals surface area contributed by atoms with Gasteiger partial charge in [0.15, 0.2) is 5.03 Å². The van der Waals surface area contributed by atoms with E-state index in [1.54, 1.807) is 23.4 Å². The quantitative estimate of drug-likeness (QED) is 0.661. The van der Waals surface area contributed by atoms with Crippen molar-refractivity contribution in [2.75, 3.05) is 12.0 Å². The van der Waals surface area contributed by atoms with Crippen molar-refractivity contribution in [1.29, 1.82) is 0 Å². The van der Waals surface area contributed by atoms with Crippen molar-refractivity contribution in [3.05, 3.63) is 64.4 Å². The molecule has 0 fully saturated rings. The Kier molecular flexibility index (Phi) is 6.00. The van der Waals surface area contributed by atoms with E-state index in [-0.39, 0.29) is 17.2 Å². The fraction of sp³-hybridized carbons (Fsp3) is 0.211. The summed E-state index contributed by atoms with van der Waals surface area (Å²) in [6.07, 6.45) is 2.03. The van der Waals surface area contributed by atoms with Crippen LogP contribution >= 0.6 is 23.5 Å². The first-order valence-corrected chi connectivity index (χ1v) is 10.3. The number of hydrogen-bond donors (Lipinski definition) is 1. The zero-order valence-corrected chi connectivity index (χ0v) is 16.2. The number of rotatable bonds is 6. The summed E-state index contributed by atoms with van der Waals surface area (Å²) < 4.78 is 1.57. The zero-order valence-electron chi connectivity index (χ0n) is 14.6. The van der Waals surface area contributed by atoms with Crippen LogP contribution in [0.2, 0.25) is 0 Å². The van der Waals surface area contributed by atoms with Crippen LogP contribution in [0.4, 0.5) is 0 Å². The van der Waals surface area contributed by atoms with Gasteiger partial charge in [0.2, 0.25) is 5.91 Å². The molecule has 0 spiro atoms. The molecule has 1 aromatic heterocycles. The average Bonchev–Trinajstić information content (AvgIpc) is 2.68. The van der Waals surface area contributed by atoms with Crippen molar-refractivity contribution in [2.24, 2.45) is 7.05 Å². The summed E-state index contributed by atoms with van der Waals surface area (Å²) >= 11 is 2.85. The molecule has 26 heavy (non-hydrogen) atoms. The standard InChI is InChI=1S/C19H19N3O2S2/c1-22-16-6-4-3-5-15(16)21-18(19(22)24)26-12-17(23)20-11-13-7-9-14(25-2)10-8-13/h3-10H,11-12H2,1-2H3,(H,20,23). The van der Waals surface area contributed by atoms with E-state index in [4.69, 9.17) is 0 Å². The third kappa shape index (κ3) is 4.28. The Labute approximate surface area is 160 Å². The Morgan fingerprint density at radius 1 is 1.15 bits per heavy atom. The fourth-order valence-electron chi connectivity index (χ4n) is 2.48. The minimum atomic E-state index is -0.186. The second kappa shape index (κ2) is 8.42. The zero-order chi connectivity index (χ0) is 18.5. The molecule has 0 aliphatic rings. The molecule has 3 aromatic rings. The molecule has 0 atom stereocenters. The van der Waals surface area contributed by atoms with Crippen LogP contribution in [0.25, 0.3) is 11.0 Å². The lowest BCUT2D eigenvalue weighted by Crippen LogP contribution is -2.26. The van der Waals surface area contributed by atoms with Crippen LogP contribution in [0.5, 0.6) is 0 Å². The average molecular weight is 386 g/mol. The molecular formula is C19H19N3O2S2. The van der Waals surface area contributed by atoms with Gasteiger partial charge in [-0.1, -0.05) is 36.0 Å². The van der Waals surface area contributed by atoms with E-state index in [0.717, 1.165) is 16.6 Å². The molecule has 0 unspecified atom stereocenters. The molecular weight excluding hydrogens is 366 g/mol. The number of aromatic nitrogens is 2. The van der Waals surface area contributed by atoms with E-state index in [0.29, 0.717) is 11.6 Å². The Hall–Kier alpha value is -2.25. The fourth-order valence-corrected chi connectivity index (χ4v) is 3.68. The molecule has 2 aromatic carbocycles. The number of carbonyl (C=O) groups is 1. The highest BCUT2D eigenvalue weighted by atomic mass is 32.2. The Bertz CT molecular complexity index is 984. The summed E-state index contributed by atoms with van der Waals surface area (Å²) in [5, 5.41) is 3.21. The lowest BCUT2D eigenvalue weighted by Gasteiger charge is -2.08. The van der Waals surface area contributed by atoms with Gasteiger partial charge in [0.05, 0.1) is 16.8 Å². The molecule has 0 aliphatic heterocycles. The lowest BCUT2D eigenvalue weighted by atomic mass is 10.2. The molecule has 1 amide bonds. The molecule has 1 N–H and O–H groups in total. The second-order valence-electron chi connectivity index (χ2n) is 5.68. The minimum Gasteiger partial charge on any atom is -0.351 e. The third-order valence-electron chi connectivity index (χ3n) is 3.94. The van der Waals surface area contributed by atoms with Crippen LogP contribution in [0.3, 0.4) is 0 Å². The first-order chi connectivity index (χ1) is 12.6. The van der Waals surface area contributed by atoms with Crippen LogP contribution in [0.15, 0.2) is 63.2 Å². The molecule has 0 saturated carbocycles. The van der Waals surface area contributed by atoms with Gasteiger partial charge in [-0.05, 0) is 36.1 Å². The molecule has 0 aliphatic carbocycles. The van der Waals surface area contributed by atoms with Gasteiger partial charge in [-0.25, -0.2) is 4.98 Å². The van der Waals surface area contributed by atoms with E-state index >= 15 is 0 Å². The molecule has 0 radical (unpaired) electrons. The van der Waals surface area contributed by atoms with Gasteiger partial charge in [0, 0.05) is 18.5 Å². The van der Waals surface area contributed by atoms with E-state index in [1.807, 2.05) is 54.8 Å². The van der Waals surface area contributed by atoms with Crippen molar-refractivity contribution >= 4 is 40.5 Å². The van der Waals surface area contributed by atoms with E-state index < -0.39 is 0 Å². The number of hydrogen-bond acceptors (Lipinski definition) is 5. The number of nitrogens with zero attached hydrogens (tertiary/aromatic N) is 2. The highest BCUT2D eigenvalue weighted by molar-refractivity contribution is 7.99. The summed E-state index contributed by atoms with van der Waals surface area (Å²) in [6.45, 7) is 0.469. The summed E-state index contributed by atoms with van der Waals surface area (Å²) in [5.74, 6) is 0.0321. The van der Waals surface area contributed by atoms with Gasteiger partial charge in [-0.15, -0.1) is 11.8 Å². The first-order valence-electron chi connectivity index (χ1n) is 8.06. The van der Waals surface area contributed by atoms with E-state index in [9.17, 15) is 9.59 Å². The molecule has 1 heterocycles. The number of amides is 1. The molecule has 134 valence electrons. The van der Waals surface area contributed by atoms with Crippen LogP contribution in [-0.4, -0.2) is 27.5 Å². The number of para-hydroxylation sites is 2. The van der Waals surface area contributed by atoms with Crippen molar-refractivity contribution in [3.63, 3.8) is 0 Å². The third-order valence-corrected chi connectivity index (χ3v) is 5.63. The predicted octanol–water partition coefficient (Wildman–Crippen LogP) is 3.06. The van der Waals surface area contributed by atoms with Crippen LogP contribution in [0.1, 0.15) is 5.56 Å². The summed E-state index contributed by atoms with van der Waals surface area (Å²) in [6, 6.07) is 15.5. The van der Waals surface area contributed by atoms with Crippen LogP contribution in [0, 0.1) is 0 Å². The van der Waals surface area contributed by atoms with Crippen molar-refractivity contribution in [2.45, 2.75) is 16.5 Å². The maximum atomic E-state index is 12.4. The van der Waals surface area contributed by atoms with Gasteiger partial charge in [0.25, 0.3) is 5.56 Å². The summed E-state index contributed by atoms with van der Waals surface area (Å²) in [5.41, 5.74) is 2.38. The maximum Gasteiger partial charge on any atom is 0.283 e. The van der Waals surface area contributed by atoms with E-state index in [2.05, 4.69) is 10.3 Å².